The lowest BCUT2D eigenvalue weighted by Crippen LogP contribution is -2.47. The molecule has 2 aliphatic rings. The number of morpholine rings is 1. The highest BCUT2D eigenvalue weighted by molar-refractivity contribution is 7.89. The molecular weight excluding hydrogens is 368 g/mol. The Morgan fingerprint density at radius 3 is 2.15 bits per heavy atom. The van der Waals surface area contributed by atoms with E-state index in [1.807, 2.05) is 4.90 Å². The van der Waals surface area contributed by atoms with E-state index in [1.165, 1.54) is 4.31 Å². The number of carbonyl (C=O) groups is 1. The lowest BCUT2D eigenvalue weighted by molar-refractivity contribution is -0.140. The SMILES string of the molecule is COc1cc(C)c(S(=O)(=O)N2CCC(C(=O)N3CCOCC3)CC2)c(C)c1. The van der Waals surface area contributed by atoms with Crippen LogP contribution in [0.2, 0.25) is 0 Å². The first-order valence-corrected chi connectivity index (χ1v) is 10.8. The predicted octanol–water partition coefficient (Wildman–Crippen LogP) is 1.57. The molecule has 2 saturated heterocycles. The van der Waals surface area contributed by atoms with Crippen LogP contribution < -0.4 is 4.74 Å². The van der Waals surface area contributed by atoms with Gasteiger partial charge in [-0.3, -0.25) is 4.79 Å². The Labute approximate surface area is 161 Å². The summed E-state index contributed by atoms with van der Waals surface area (Å²) in [4.78, 5) is 14.8. The molecule has 27 heavy (non-hydrogen) atoms. The van der Waals surface area contributed by atoms with E-state index in [0.29, 0.717) is 74.0 Å². The Kier molecular flexibility index (Phi) is 6.08. The Morgan fingerprint density at radius 1 is 1.07 bits per heavy atom. The molecule has 0 atom stereocenters. The van der Waals surface area contributed by atoms with E-state index in [9.17, 15) is 13.2 Å². The molecule has 1 aromatic rings. The summed E-state index contributed by atoms with van der Waals surface area (Å²) < 4.78 is 38.4. The summed E-state index contributed by atoms with van der Waals surface area (Å²) in [5.41, 5.74) is 1.36. The van der Waals surface area contributed by atoms with Crippen LogP contribution in [-0.4, -0.2) is 70.0 Å². The summed E-state index contributed by atoms with van der Waals surface area (Å²) in [6.07, 6.45) is 1.12. The van der Waals surface area contributed by atoms with Crippen LogP contribution in [0.5, 0.6) is 5.75 Å². The predicted molar refractivity (Wildman–Crippen MR) is 101 cm³/mol. The largest absolute Gasteiger partial charge is 0.497 e. The average molecular weight is 397 g/mol. The van der Waals surface area contributed by atoms with Gasteiger partial charge in [0.2, 0.25) is 15.9 Å². The second kappa shape index (κ2) is 8.16. The van der Waals surface area contributed by atoms with Crippen LogP contribution in [0.1, 0.15) is 24.0 Å². The van der Waals surface area contributed by atoms with E-state index in [2.05, 4.69) is 0 Å². The number of methoxy groups -OCH3 is 1. The number of rotatable bonds is 4. The van der Waals surface area contributed by atoms with Crippen LogP contribution in [0.4, 0.5) is 0 Å². The smallest absolute Gasteiger partial charge is 0.243 e. The highest BCUT2D eigenvalue weighted by Gasteiger charge is 2.35. The third-order valence-electron chi connectivity index (χ3n) is 5.39. The molecule has 1 amide bonds. The maximum Gasteiger partial charge on any atom is 0.243 e. The number of sulfonamides is 1. The fourth-order valence-corrected chi connectivity index (χ4v) is 5.83. The molecule has 2 heterocycles. The zero-order valence-corrected chi connectivity index (χ0v) is 17.0. The van der Waals surface area contributed by atoms with Gasteiger partial charge in [-0.25, -0.2) is 8.42 Å². The fraction of sp³-hybridized carbons (Fsp3) is 0.632. The van der Waals surface area contributed by atoms with E-state index in [1.54, 1.807) is 33.1 Å². The van der Waals surface area contributed by atoms with E-state index in [0.717, 1.165) is 0 Å². The lowest BCUT2D eigenvalue weighted by Gasteiger charge is -2.35. The third-order valence-corrected chi connectivity index (χ3v) is 7.60. The molecule has 0 bridgehead atoms. The van der Waals surface area contributed by atoms with Gasteiger partial charge in [0.05, 0.1) is 25.2 Å². The molecule has 8 heteroatoms. The van der Waals surface area contributed by atoms with Gasteiger partial charge < -0.3 is 14.4 Å². The van der Waals surface area contributed by atoms with Gasteiger partial charge in [0, 0.05) is 32.1 Å². The summed E-state index contributed by atoms with van der Waals surface area (Å²) >= 11 is 0. The second-order valence-electron chi connectivity index (χ2n) is 7.21. The van der Waals surface area contributed by atoms with Crippen molar-refractivity contribution in [2.75, 3.05) is 46.5 Å². The number of amides is 1. The van der Waals surface area contributed by atoms with Gasteiger partial charge in [-0.15, -0.1) is 0 Å². The van der Waals surface area contributed by atoms with Crippen molar-refractivity contribution in [3.63, 3.8) is 0 Å². The number of aryl methyl sites for hydroxylation is 2. The van der Waals surface area contributed by atoms with Crippen LogP contribution in [-0.2, 0) is 19.6 Å². The van der Waals surface area contributed by atoms with Crippen LogP contribution in [0.3, 0.4) is 0 Å². The van der Waals surface area contributed by atoms with Crippen molar-refractivity contribution < 1.29 is 22.7 Å². The van der Waals surface area contributed by atoms with Crippen molar-refractivity contribution >= 4 is 15.9 Å². The van der Waals surface area contributed by atoms with Crippen LogP contribution in [0.15, 0.2) is 17.0 Å². The molecule has 0 aliphatic carbocycles. The highest BCUT2D eigenvalue weighted by atomic mass is 32.2. The molecule has 3 rings (SSSR count). The number of ether oxygens (including phenoxy) is 2. The molecule has 0 spiro atoms. The van der Waals surface area contributed by atoms with Gasteiger partial charge in [0.15, 0.2) is 0 Å². The van der Waals surface area contributed by atoms with Gasteiger partial charge >= 0.3 is 0 Å². The van der Waals surface area contributed by atoms with Crippen molar-refractivity contribution in [2.45, 2.75) is 31.6 Å². The highest BCUT2D eigenvalue weighted by Crippen LogP contribution is 2.31. The second-order valence-corrected chi connectivity index (χ2v) is 9.08. The molecule has 2 fully saturated rings. The maximum atomic E-state index is 13.2. The summed E-state index contributed by atoms with van der Waals surface area (Å²) in [6, 6.07) is 3.49. The van der Waals surface area contributed by atoms with Crippen LogP contribution >= 0.6 is 0 Å². The zero-order chi connectivity index (χ0) is 19.6. The Morgan fingerprint density at radius 2 is 1.63 bits per heavy atom. The van der Waals surface area contributed by atoms with Gasteiger partial charge in [-0.2, -0.15) is 4.31 Å². The first kappa shape index (κ1) is 20.1. The van der Waals surface area contributed by atoms with Gasteiger partial charge in [0.25, 0.3) is 0 Å². The standard InChI is InChI=1S/C19H28N2O5S/c1-14-12-17(25-3)13-15(2)18(14)27(23,24)21-6-4-16(5-7-21)19(22)20-8-10-26-11-9-20/h12-13,16H,4-11H2,1-3H3. The molecule has 0 saturated carbocycles. The number of carbonyl (C=O) groups excluding carboxylic acids is 1. The molecule has 2 aliphatic heterocycles. The summed E-state index contributed by atoms with van der Waals surface area (Å²) in [5.74, 6) is 0.679. The van der Waals surface area contributed by atoms with Gasteiger partial charge in [0.1, 0.15) is 5.75 Å². The molecular formula is C19H28N2O5S. The molecule has 0 unspecified atom stereocenters. The van der Waals surface area contributed by atoms with Crippen molar-refractivity contribution in [1.29, 1.82) is 0 Å². The van der Waals surface area contributed by atoms with E-state index in [-0.39, 0.29) is 11.8 Å². The summed E-state index contributed by atoms with van der Waals surface area (Å²) in [6.45, 7) is 6.73. The molecule has 0 radical (unpaired) electrons. The molecule has 0 aromatic heterocycles. The normalized spacial score (nSPS) is 19.9. The summed E-state index contributed by atoms with van der Waals surface area (Å²) in [5, 5.41) is 0. The summed E-state index contributed by atoms with van der Waals surface area (Å²) in [7, 11) is -2.02. The quantitative estimate of drug-likeness (QED) is 0.772. The fourth-order valence-electron chi connectivity index (χ4n) is 3.95. The average Bonchev–Trinajstić information content (AvgIpc) is 2.67. The minimum atomic E-state index is -3.59. The van der Waals surface area contributed by atoms with Crippen molar-refractivity contribution in [1.82, 2.24) is 9.21 Å². The number of hydrogen-bond acceptors (Lipinski definition) is 5. The minimum absolute atomic E-state index is 0.104. The van der Waals surface area contributed by atoms with Crippen molar-refractivity contribution in [3.8, 4) is 5.75 Å². The Hall–Kier alpha value is -1.64. The number of piperidine rings is 1. The molecule has 1 aromatic carbocycles. The van der Waals surface area contributed by atoms with E-state index in [4.69, 9.17) is 9.47 Å². The van der Waals surface area contributed by atoms with Crippen molar-refractivity contribution in [2.24, 2.45) is 5.92 Å². The monoisotopic (exact) mass is 396 g/mol. The first-order valence-electron chi connectivity index (χ1n) is 9.36. The number of nitrogens with zero attached hydrogens (tertiary/aromatic N) is 2. The number of hydrogen-bond donors (Lipinski definition) is 0. The Bertz CT molecular complexity index is 771. The van der Waals surface area contributed by atoms with Crippen molar-refractivity contribution in [3.05, 3.63) is 23.3 Å². The van der Waals surface area contributed by atoms with Crippen LogP contribution in [0.25, 0.3) is 0 Å². The molecule has 0 N–H and O–H groups in total. The topological polar surface area (TPSA) is 76.2 Å². The Balaban J connectivity index is 1.71. The third kappa shape index (κ3) is 4.12. The minimum Gasteiger partial charge on any atom is -0.497 e. The lowest BCUT2D eigenvalue weighted by atomic mass is 9.96. The van der Waals surface area contributed by atoms with Gasteiger partial charge in [-0.05, 0) is 49.9 Å². The van der Waals surface area contributed by atoms with E-state index < -0.39 is 10.0 Å². The number of benzene rings is 1. The molecule has 150 valence electrons. The maximum absolute atomic E-state index is 13.2. The van der Waals surface area contributed by atoms with Gasteiger partial charge in [-0.1, -0.05) is 0 Å². The first-order chi connectivity index (χ1) is 12.8. The molecule has 7 nitrogen and oxygen atoms in total. The zero-order valence-electron chi connectivity index (χ0n) is 16.2. The van der Waals surface area contributed by atoms with E-state index >= 15 is 0 Å². The van der Waals surface area contributed by atoms with Crippen LogP contribution in [0, 0.1) is 19.8 Å².